The number of halogens is 2. The van der Waals surface area contributed by atoms with Crippen LogP contribution in [0.5, 0.6) is 0 Å². The largest absolute Gasteiger partial charge is 0.324 e. The Morgan fingerprint density at radius 3 is 2.73 bits per heavy atom. The molecule has 1 amide bonds. The van der Waals surface area contributed by atoms with Crippen molar-refractivity contribution in [3.8, 4) is 0 Å². The molecule has 0 radical (unpaired) electrons. The number of amides is 1. The summed E-state index contributed by atoms with van der Waals surface area (Å²) in [6.45, 7) is 4.45. The molecule has 30 heavy (non-hydrogen) atoms. The van der Waals surface area contributed by atoms with Gasteiger partial charge in [-0.15, -0.1) is 16.8 Å². The molecule has 0 spiro atoms. The number of benzene rings is 2. The second-order valence-corrected chi connectivity index (χ2v) is 8.77. The Bertz CT molecular complexity index is 1070. The summed E-state index contributed by atoms with van der Waals surface area (Å²) >= 11 is 13.5. The second kappa shape index (κ2) is 9.25. The van der Waals surface area contributed by atoms with Gasteiger partial charge in [0.2, 0.25) is 5.91 Å². The topological polar surface area (TPSA) is 59.8 Å². The molecule has 3 aromatic rings. The lowest BCUT2D eigenvalue weighted by Gasteiger charge is -2.09. The van der Waals surface area contributed by atoms with Gasteiger partial charge in [0.15, 0.2) is 5.16 Å². The van der Waals surface area contributed by atoms with Crippen LogP contribution < -0.4 is 5.32 Å². The minimum Gasteiger partial charge on any atom is -0.324 e. The van der Waals surface area contributed by atoms with E-state index in [4.69, 9.17) is 23.2 Å². The van der Waals surface area contributed by atoms with Gasteiger partial charge in [0.25, 0.3) is 0 Å². The fourth-order valence-electron chi connectivity index (χ4n) is 3.45. The van der Waals surface area contributed by atoms with E-state index in [1.165, 1.54) is 17.3 Å². The molecule has 1 aliphatic rings. The lowest BCUT2D eigenvalue weighted by atomic mass is 10.1. The second-order valence-electron chi connectivity index (χ2n) is 7.04. The van der Waals surface area contributed by atoms with Crippen molar-refractivity contribution in [3.05, 3.63) is 82.6 Å². The first-order valence-electron chi connectivity index (χ1n) is 9.54. The summed E-state index contributed by atoms with van der Waals surface area (Å²) in [7, 11) is 0. The van der Waals surface area contributed by atoms with Gasteiger partial charge in [-0.1, -0.05) is 77.4 Å². The molecule has 154 valence electrons. The zero-order valence-electron chi connectivity index (χ0n) is 16.1. The number of hydrogen-bond acceptors (Lipinski definition) is 4. The predicted octanol–water partition coefficient (Wildman–Crippen LogP) is 5.77. The summed E-state index contributed by atoms with van der Waals surface area (Å²) in [6.07, 6.45) is 2.88. The number of thioether (sulfide) groups is 1. The Morgan fingerprint density at radius 1 is 1.17 bits per heavy atom. The van der Waals surface area contributed by atoms with Crippen LogP contribution in [0.3, 0.4) is 0 Å². The number of carbonyl (C=O) groups is 1. The minimum atomic E-state index is -0.188. The van der Waals surface area contributed by atoms with Gasteiger partial charge in [0.1, 0.15) is 5.82 Å². The number of aromatic nitrogens is 3. The molecular weight excluding hydrogens is 439 g/mol. The summed E-state index contributed by atoms with van der Waals surface area (Å²) in [5, 5.41) is 13.0. The van der Waals surface area contributed by atoms with Gasteiger partial charge >= 0.3 is 0 Å². The highest BCUT2D eigenvalue weighted by atomic mass is 35.5. The quantitative estimate of drug-likeness (QED) is 0.343. The molecule has 2 unspecified atom stereocenters. The Morgan fingerprint density at radius 2 is 1.97 bits per heavy atom. The maximum atomic E-state index is 12.4. The third-order valence-electron chi connectivity index (χ3n) is 4.96. The first kappa shape index (κ1) is 21.0. The van der Waals surface area contributed by atoms with Gasteiger partial charge in [0, 0.05) is 12.5 Å². The van der Waals surface area contributed by atoms with Crippen LogP contribution in [-0.2, 0) is 11.3 Å². The molecule has 2 aromatic carbocycles. The molecule has 0 bridgehead atoms. The van der Waals surface area contributed by atoms with Crippen LogP contribution >= 0.6 is 35.0 Å². The van der Waals surface area contributed by atoms with E-state index >= 15 is 0 Å². The highest BCUT2D eigenvalue weighted by molar-refractivity contribution is 7.99. The average molecular weight is 459 g/mol. The van der Waals surface area contributed by atoms with E-state index in [1.807, 2.05) is 16.7 Å². The number of nitrogens with one attached hydrogen (secondary N) is 1. The normalized spacial score (nSPS) is 17.5. The van der Waals surface area contributed by atoms with Crippen LogP contribution in [0.1, 0.15) is 29.6 Å². The molecule has 0 aliphatic heterocycles. The Labute approximate surface area is 189 Å². The van der Waals surface area contributed by atoms with E-state index in [-0.39, 0.29) is 11.7 Å². The Kier molecular flexibility index (Phi) is 6.46. The standard InChI is InChI=1S/C22H20Cl2N4OS/c1-2-11-28-21(16-12-15(16)14-7-4-3-5-8-14)26-27-22(28)30-13-19(29)25-18-10-6-9-17(23)20(18)24/h2-10,15-16H,1,11-13H2,(H,25,29). The predicted molar refractivity (Wildman–Crippen MR) is 123 cm³/mol. The number of anilines is 1. The molecule has 5 nitrogen and oxygen atoms in total. The molecule has 1 fully saturated rings. The summed E-state index contributed by atoms with van der Waals surface area (Å²) in [5.74, 6) is 1.75. The van der Waals surface area contributed by atoms with Crippen molar-refractivity contribution >= 4 is 46.6 Å². The van der Waals surface area contributed by atoms with Gasteiger partial charge in [-0.25, -0.2) is 0 Å². The number of hydrogen-bond donors (Lipinski definition) is 1. The summed E-state index contributed by atoms with van der Waals surface area (Å²) in [6, 6.07) is 15.6. The third-order valence-corrected chi connectivity index (χ3v) is 6.75. The maximum absolute atomic E-state index is 12.4. The molecule has 0 saturated heterocycles. The zero-order valence-corrected chi connectivity index (χ0v) is 18.4. The lowest BCUT2D eigenvalue weighted by Crippen LogP contribution is -2.15. The van der Waals surface area contributed by atoms with E-state index in [0.717, 1.165) is 12.2 Å². The zero-order chi connectivity index (χ0) is 21.1. The fraction of sp³-hybridized carbons (Fsp3) is 0.227. The fourth-order valence-corrected chi connectivity index (χ4v) is 4.55. The van der Waals surface area contributed by atoms with E-state index in [9.17, 15) is 4.79 Å². The first-order chi connectivity index (χ1) is 14.6. The van der Waals surface area contributed by atoms with Crippen molar-refractivity contribution in [2.24, 2.45) is 0 Å². The van der Waals surface area contributed by atoms with Crippen LogP contribution in [0, 0.1) is 0 Å². The van der Waals surface area contributed by atoms with Gasteiger partial charge in [-0.3, -0.25) is 4.79 Å². The molecule has 1 saturated carbocycles. The van der Waals surface area contributed by atoms with Crippen molar-refractivity contribution < 1.29 is 4.79 Å². The monoisotopic (exact) mass is 458 g/mol. The van der Waals surface area contributed by atoms with Crippen molar-refractivity contribution in [1.29, 1.82) is 0 Å². The van der Waals surface area contributed by atoms with Crippen LogP contribution in [-0.4, -0.2) is 26.4 Å². The third kappa shape index (κ3) is 4.56. The summed E-state index contributed by atoms with van der Waals surface area (Å²) < 4.78 is 2.05. The van der Waals surface area contributed by atoms with Gasteiger partial charge < -0.3 is 9.88 Å². The summed E-state index contributed by atoms with van der Waals surface area (Å²) in [4.78, 5) is 12.4. The van der Waals surface area contributed by atoms with Crippen LogP contribution in [0.15, 0.2) is 66.3 Å². The molecule has 1 heterocycles. The smallest absolute Gasteiger partial charge is 0.234 e. The maximum Gasteiger partial charge on any atom is 0.234 e. The molecule has 8 heteroatoms. The van der Waals surface area contributed by atoms with Gasteiger partial charge in [0.05, 0.1) is 21.5 Å². The number of rotatable bonds is 8. The van der Waals surface area contributed by atoms with Crippen molar-refractivity contribution in [2.75, 3.05) is 11.1 Å². The highest BCUT2D eigenvalue weighted by Gasteiger charge is 2.43. The van der Waals surface area contributed by atoms with Gasteiger partial charge in [-0.05, 0) is 30.0 Å². The first-order valence-corrected chi connectivity index (χ1v) is 11.3. The van der Waals surface area contributed by atoms with E-state index in [1.54, 1.807) is 18.2 Å². The lowest BCUT2D eigenvalue weighted by molar-refractivity contribution is -0.113. The highest BCUT2D eigenvalue weighted by Crippen LogP contribution is 2.54. The van der Waals surface area contributed by atoms with Crippen LogP contribution in [0.2, 0.25) is 10.0 Å². The van der Waals surface area contributed by atoms with Crippen molar-refractivity contribution in [1.82, 2.24) is 14.8 Å². The van der Waals surface area contributed by atoms with E-state index in [0.29, 0.717) is 39.3 Å². The van der Waals surface area contributed by atoms with Gasteiger partial charge in [-0.2, -0.15) is 0 Å². The number of carbonyl (C=O) groups excluding carboxylic acids is 1. The van der Waals surface area contributed by atoms with Crippen molar-refractivity contribution in [2.45, 2.75) is 30.0 Å². The van der Waals surface area contributed by atoms with E-state index in [2.05, 4.69) is 46.4 Å². The molecule has 1 aromatic heterocycles. The average Bonchev–Trinajstić information content (AvgIpc) is 3.45. The Hall–Kier alpha value is -2.28. The molecular formula is C22H20Cl2N4OS. The Balaban J connectivity index is 1.43. The number of nitrogens with zero attached hydrogens (tertiary/aromatic N) is 3. The molecule has 1 aliphatic carbocycles. The van der Waals surface area contributed by atoms with Crippen LogP contribution in [0.4, 0.5) is 5.69 Å². The van der Waals surface area contributed by atoms with Crippen molar-refractivity contribution in [3.63, 3.8) is 0 Å². The minimum absolute atomic E-state index is 0.185. The SMILES string of the molecule is C=CCn1c(SCC(=O)Nc2cccc(Cl)c2Cl)nnc1C1CC1c1ccccc1. The van der Waals surface area contributed by atoms with E-state index < -0.39 is 0 Å². The van der Waals surface area contributed by atoms with Crippen LogP contribution in [0.25, 0.3) is 0 Å². The summed E-state index contributed by atoms with van der Waals surface area (Å²) in [5.41, 5.74) is 1.81. The molecule has 2 atom stereocenters. The number of allylic oxidation sites excluding steroid dienone is 1. The molecule has 4 rings (SSSR count). The molecule has 1 N–H and O–H groups in total.